The number of nitrogens with zero attached hydrogens (tertiary/aromatic N) is 2. The van der Waals surface area contributed by atoms with Crippen LogP contribution in [0.5, 0.6) is 5.75 Å². The van der Waals surface area contributed by atoms with Crippen LogP contribution in [0.25, 0.3) is 10.2 Å². The predicted octanol–water partition coefficient (Wildman–Crippen LogP) is 4.85. The van der Waals surface area contributed by atoms with E-state index in [9.17, 15) is 4.79 Å². The van der Waals surface area contributed by atoms with Crippen molar-refractivity contribution in [1.82, 2.24) is 9.88 Å². The van der Waals surface area contributed by atoms with Crippen LogP contribution in [0.15, 0.2) is 48.5 Å². The third-order valence-corrected chi connectivity index (χ3v) is 5.29. The Labute approximate surface area is 158 Å². The summed E-state index contributed by atoms with van der Waals surface area (Å²) < 4.78 is 6.85. The first-order chi connectivity index (χ1) is 12.5. The molecule has 0 atom stereocenters. The number of benzene rings is 2. The van der Waals surface area contributed by atoms with Crippen LogP contribution >= 0.6 is 11.3 Å². The molecule has 0 spiro atoms. The Morgan fingerprint density at radius 1 is 1.15 bits per heavy atom. The molecule has 0 fully saturated rings. The van der Waals surface area contributed by atoms with E-state index in [0.29, 0.717) is 25.5 Å². The van der Waals surface area contributed by atoms with E-state index in [2.05, 4.69) is 37.0 Å². The Morgan fingerprint density at radius 3 is 2.58 bits per heavy atom. The van der Waals surface area contributed by atoms with Crippen LogP contribution in [0.3, 0.4) is 0 Å². The number of amides is 1. The Balaban J connectivity index is 1.48. The number of ether oxygens (including phenoxy) is 1. The molecule has 0 saturated heterocycles. The average molecular weight is 369 g/mol. The third kappa shape index (κ3) is 4.61. The zero-order chi connectivity index (χ0) is 18.5. The summed E-state index contributed by atoms with van der Waals surface area (Å²) in [6.45, 7) is 5.23. The lowest BCUT2D eigenvalue weighted by Crippen LogP contribution is -2.27. The van der Waals surface area contributed by atoms with Crippen LogP contribution in [0.4, 0.5) is 0 Å². The van der Waals surface area contributed by atoms with Crippen molar-refractivity contribution in [1.29, 1.82) is 0 Å². The van der Waals surface area contributed by atoms with Gasteiger partial charge in [0.2, 0.25) is 5.91 Å². The summed E-state index contributed by atoms with van der Waals surface area (Å²) in [5, 5.41) is 0.951. The van der Waals surface area contributed by atoms with Gasteiger partial charge in [0.15, 0.2) is 0 Å². The summed E-state index contributed by atoms with van der Waals surface area (Å²) >= 11 is 1.63. The predicted molar refractivity (Wildman–Crippen MR) is 107 cm³/mol. The minimum Gasteiger partial charge on any atom is -0.493 e. The van der Waals surface area contributed by atoms with Crippen molar-refractivity contribution in [2.75, 3.05) is 13.7 Å². The number of fused-ring (bicyclic) bond motifs is 1. The summed E-state index contributed by atoms with van der Waals surface area (Å²) in [6, 6.07) is 16.1. The molecule has 0 unspecified atom stereocenters. The maximum Gasteiger partial charge on any atom is 0.226 e. The quantitative estimate of drug-likeness (QED) is 0.599. The van der Waals surface area contributed by atoms with Crippen LogP contribution in [-0.2, 0) is 11.3 Å². The van der Waals surface area contributed by atoms with E-state index in [1.807, 2.05) is 37.4 Å². The highest BCUT2D eigenvalue weighted by Crippen LogP contribution is 2.22. The second-order valence-electron chi connectivity index (χ2n) is 6.65. The Hall–Kier alpha value is -2.40. The highest BCUT2D eigenvalue weighted by atomic mass is 32.1. The highest BCUT2D eigenvalue weighted by Gasteiger charge is 2.12. The number of rotatable bonds is 7. The van der Waals surface area contributed by atoms with E-state index in [4.69, 9.17) is 4.74 Å². The molecule has 3 rings (SSSR count). The summed E-state index contributed by atoms with van der Waals surface area (Å²) in [6.07, 6.45) is 0.354. The molecule has 0 aliphatic rings. The van der Waals surface area contributed by atoms with Crippen molar-refractivity contribution in [3.63, 3.8) is 0 Å². The molecular formula is C21H24N2O2S. The van der Waals surface area contributed by atoms with Crippen molar-refractivity contribution in [2.24, 2.45) is 0 Å². The van der Waals surface area contributed by atoms with Gasteiger partial charge in [-0.05, 0) is 35.7 Å². The fraction of sp³-hybridized carbons (Fsp3) is 0.333. The minimum absolute atomic E-state index is 0.0584. The molecule has 0 aliphatic carbocycles. The molecule has 4 nitrogen and oxygen atoms in total. The summed E-state index contributed by atoms with van der Waals surface area (Å²) in [7, 11) is 1.81. The highest BCUT2D eigenvalue weighted by molar-refractivity contribution is 7.18. The summed E-state index contributed by atoms with van der Waals surface area (Å²) in [5.74, 6) is 1.36. The third-order valence-electron chi connectivity index (χ3n) is 4.27. The molecule has 1 heterocycles. The van der Waals surface area contributed by atoms with Gasteiger partial charge in [0.1, 0.15) is 10.8 Å². The van der Waals surface area contributed by atoms with Gasteiger partial charge in [0, 0.05) is 7.05 Å². The Bertz CT molecular complexity index is 838. The molecule has 26 heavy (non-hydrogen) atoms. The van der Waals surface area contributed by atoms with Crippen LogP contribution in [0.2, 0.25) is 0 Å². The fourth-order valence-electron chi connectivity index (χ4n) is 2.67. The van der Waals surface area contributed by atoms with E-state index in [1.165, 1.54) is 5.56 Å². The first-order valence-corrected chi connectivity index (χ1v) is 9.66. The maximum absolute atomic E-state index is 12.3. The molecule has 0 bridgehead atoms. The number of hydrogen-bond acceptors (Lipinski definition) is 4. The maximum atomic E-state index is 12.3. The van der Waals surface area contributed by atoms with Gasteiger partial charge in [0.05, 0.1) is 29.8 Å². The largest absolute Gasteiger partial charge is 0.493 e. The number of aromatic nitrogens is 1. The van der Waals surface area contributed by atoms with Gasteiger partial charge >= 0.3 is 0 Å². The van der Waals surface area contributed by atoms with E-state index < -0.39 is 0 Å². The van der Waals surface area contributed by atoms with Crippen molar-refractivity contribution in [3.05, 3.63) is 59.1 Å². The Kier molecular flexibility index (Phi) is 5.89. The number of carbonyl (C=O) groups is 1. The molecule has 1 amide bonds. The minimum atomic E-state index is 0.0584. The molecule has 0 saturated carbocycles. The lowest BCUT2D eigenvalue weighted by atomic mass is 10.0. The SMILES string of the molecule is CC(C)c1ccc(OCCC(=O)N(C)Cc2nc3ccccc3s2)cc1. The number of thiazole rings is 1. The van der Waals surface area contributed by atoms with Gasteiger partial charge < -0.3 is 9.64 Å². The number of carbonyl (C=O) groups excluding carboxylic acids is 1. The molecule has 1 aromatic heterocycles. The van der Waals surface area contributed by atoms with Crippen molar-refractivity contribution >= 4 is 27.5 Å². The van der Waals surface area contributed by atoms with Gasteiger partial charge in [-0.1, -0.05) is 38.1 Å². The summed E-state index contributed by atoms with van der Waals surface area (Å²) in [5.41, 5.74) is 2.27. The number of para-hydroxylation sites is 1. The van der Waals surface area contributed by atoms with Crippen molar-refractivity contribution in [2.45, 2.75) is 32.7 Å². The van der Waals surface area contributed by atoms with Crippen LogP contribution < -0.4 is 4.74 Å². The lowest BCUT2D eigenvalue weighted by molar-refractivity contribution is -0.130. The molecule has 136 valence electrons. The summed E-state index contributed by atoms with van der Waals surface area (Å²) in [4.78, 5) is 18.6. The van der Waals surface area contributed by atoms with Gasteiger partial charge in [-0.25, -0.2) is 4.98 Å². The van der Waals surface area contributed by atoms with Crippen molar-refractivity contribution < 1.29 is 9.53 Å². The van der Waals surface area contributed by atoms with Gasteiger partial charge in [0.25, 0.3) is 0 Å². The smallest absolute Gasteiger partial charge is 0.226 e. The van der Waals surface area contributed by atoms with E-state index in [1.54, 1.807) is 16.2 Å². The van der Waals surface area contributed by atoms with Gasteiger partial charge in [-0.2, -0.15) is 0 Å². The van der Waals surface area contributed by atoms with Crippen LogP contribution in [0, 0.1) is 0 Å². The zero-order valence-corrected chi connectivity index (χ0v) is 16.3. The van der Waals surface area contributed by atoms with E-state index >= 15 is 0 Å². The van der Waals surface area contributed by atoms with Crippen LogP contribution in [-0.4, -0.2) is 29.4 Å². The second-order valence-corrected chi connectivity index (χ2v) is 7.76. The first-order valence-electron chi connectivity index (χ1n) is 8.84. The Morgan fingerprint density at radius 2 is 1.88 bits per heavy atom. The molecule has 0 aliphatic heterocycles. The average Bonchev–Trinajstić information content (AvgIpc) is 3.04. The molecule has 2 aromatic carbocycles. The van der Waals surface area contributed by atoms with Crippen LogP contribution in [0.1, 0.15) is 36.8 Å². The van der Waals surface area contributed by atoms with E-state index in [0.717, 1.165) is 21.0 Å². The van der Waals surface area contributed by atoms with E-state index in [-0.39, 0.29) is 5.91 Å². The molecule has 3 aromatic rings. The number of hydrogen-bond donors (Lipinski definition) is 0. The van der Waals surface area contributed by atoms with Gasteiger partial charge in [-0.15, -0.1) is 11.3 Å². The standard InChI is InChI=1S/C21H24N2O2S/c1-15(2)16-8-10-17(11-9-16)25-13-12-21(24)23(3)14-20-22-18-6-4-5-7-19(18)26-20/h4-11,15H,12-14H2,1-3H3. The first kappa shape index (κ1) is 18.4. The second kappa shape index (κ2) is 8.32. The van der Waals surface area contributed by atoms with Crippen molar-refractivity contribution in [3.8, 4) is 5.75 Å². The molecule has 5 heteroatoms. The fourth-order valence-corrected chi connectivity index (χ4v) is 3.70. The van der Waals surface area contributed by atoms with Gasteiger partial charge in [-0.3, -0.25) is 4.79 Å². The monoisotopic (exact) mass is 368 g/mol. The zero-order valence-electron chi connectivity index (χ0n) is 15.4. The molecular weight excluding hydrogens is 344 g/mol. The normalized spacial score (nSPS) is 11.1. The topological polar surface area (TPSA) is 42.4 Å². The lowest BCUT2D eigenvalue weighted by Gasteiger charge is -2.16. The molecule has 0 N–H and O–H groups in total. The molecule has 0 radical (unpaired) electrons.